The van der Waals surface area contributed by atoms with Gasteiger partial charge in [0.15, 0.2) is 53.4 Å². The summed E-state index contributed by atoms with van der Waals surface area (Å²) in [7, 11) is -1.88. The first kappa shape index (κ1) is 27.7. The van der Waals surface area contributed by atoms with E-state index in [1.54, 1.807) is 0 Å². The van der Waals surface area contributed by atoms with Gasteiger partial charge in [0.25, 0.3) is 0 Å². The number of methoxy groups -OCH3 is 3. The molecule has 0 amide bonds. The Morgan fingerprint density at radius 1 is 0.526 bits per heavy atom. The van der Waals surface area contributed by atoms with Gasteiger partial charge in [0.1, 0.15) is 0 Å². The summed E-state index contributed by atoms with van der Waals surface area (Å²) >= 11 is 0. The zero-order valence-electron chi connectivity index (χ0n) is 20.1. The van der Waals surface area contributed by atoms with Crippen molar-refractivity contribution in [2.75, 3.05) is 21.3 Å². The van der Waals surface area contributed by atoms with Gasteiger partial charge in [-0.25, -0.2) is 0 Å². The number of hydrogen-bond acceptors (Lipinski definition) is 13. The Morgan fingerprint density at radius 2 is 0.789 bits per heavy atom. The van der Waals surface area contributed by atoms with Gasteiger partial charge in [0.05, 0.1) is 38.0 Å². The number of rotatable bonds is 12. The average Bonchev–Trinajstić information content (AvgIpc) is 2.89. The smallest absolute Gasteiger partial charge is 0.504 e. The van der Waals surface area contributed by atoms with Crippen molar-refractivity contribution in [1.82, 2.24) is 0 Å². The molecule has 0 aliphatic carbocycles. The van der Waals surface area contributed by atoms with E-state index in [1.165, 1.54) is 0 Å². The highest BCUT2D eigenvalue weighted by Gasteiger charge is 2.40. The van der Waals surface area contributed by atoms with Crippen molar-refractivity contribution in [3.63, 3.8) is 0 Å². The number of ether oxygens (including phenoxy) is 3. The van der Waals surface area contributed by atoms with Gasteiger partial charge in [-0.2, -0.15) is 4.57 Å². The van der Waals surface area contributed by atoms with E-state index in [-0.39, 0.29) is 16.7 Å². The Bertz CT molecular complexity index is 1260. The molecular weight excluding hydrogens is 527 g/mol. The summed E-state index contributed by atoms with van der Waals surface area (Å²) in [6.45, 7) is 0. The fourth-order valence-corrected chi connectivity index (χ4v) is 4.59. The maximum absolute atomic E-state index is 14.2. The number of phenols is 3. The first-order chi connectivity index (χ1) is 18.2. The number of phosphoric acid groups is 1. The molecule has 0 bridgehead atoms. The number of carbonyl (C=O) groups is 3. The van der Waals surface area contributed by atoms with Crippen LogP contribution in [0.3, 0.4) is 0 Å². The maximum atomic E-state index is 14.2. The zero-order chi connectivity index (χ0) is 28.0. The van der Waals surface area contributed by atoms with Crippen LogP contribution in [0.2, 0.25) is 0 Å². The third kappa shape index (κ3) is 5.27. The lowest BCUT2D eigenvalue weighted by atomic mass is 10.2. The number of aldehydes is 3. The molecule has 0 fully saturated rings. The molecule has 38 heavy (non-hydrogen) atoms. The number of benzene rings is 3. The molecule has 13 nitrogen and oxygen atoms in total. The molecule has 0 atom stereocenters. The Balaban J connectivity index is 2.31. The summed E-state index contributed by atoms with van der Waals surface area (Å²) < 4.78 is 46.0. The second kappa shape index (κ2) is 11.4. The van der Waals surface area contributed by atoms with Crippen LogP contribution in [0.15, 0.2) is 36.4 Å². The molecule has 200 valence electrons. The van der Waals surface area contributed by atoms with E-state index in [0.29, 0.717) is 18.9 Å². The Hall–Kier alpha value is -4.90. The van der Waals surface area contributed by atoms with Crippen LogP contribution in [0, 0.1) is 0 Å². The minimum Gasteiger partial charge on any atom is -0.504 e. The van der Waals surface area contributed by atoms with Crippen molar-refractivity contribution in [2.45, 2.75) is 0 Å². The quantitative estimate of drug-likeness (QED) is 0.219. The van der Waals surface area contributed by atoms with Gasteiger partial charge in [-0.1, -0.05) is 0 Å². The fraction of sp³-hybridized carbons (Fsp3) is 0.125. The molecule has 0 spiro atoms. The second-order valence-corrected chi connectivity index (χ2v) is 8.63. The van der Waals surface area contributed by atoms with E-state index < -0.39 is 59.6 Å². The Morgan fingerprint density at radius 3 is 1.00 bits per heavy atom. The second-order valence-electron chi connectivity index (χ2n) is 7.18. The number of hydrogen-bond donors (Lipinski definition) is 3. The first-order valence-electron chi connectivity index (χ1n) is 10.4. The summed E-state index contributed by atoms with van der Waals surface area (Å²) in [5.41, 5.74) is -0.822. The predicted octanol–water partition coefficient (Wildman–Crippen LogP) is 3.91. The fourth-order valence-electron chi connectivity index (χ4n) is 3.25. The first-order valence-corrected chi connectivity index (χ1v) is 11.9. The Labute approximate surface area is 215 Å². The van der Waals surface area contributed by atoms with Gasteiger partial charge in [-0.05, 0) is 36.4 Å². The van der Waals surface area contributed by atoms with Crippen molar-refractivity contribution in [3.8, 4) is 51.7 Å². The molecule has 0 aromatic heterocycles. The normalized spacial score (nSPS) is 10.7. The zero-order valence-corrected chi connectivity index (χ0v) is 21.0. The van der Waals surface area contributed by atoms with Gasteiger partial charge >= 0.3 is 7.82 Å². The van der Waals surface area contributed by atoms with Crippen LogP contribution < -0.4 is 27.8 Å². The third-order valence-electron chi connectivity index (χ3n) is 4.97. The van der Waals surface area contributed by atoms with E-state index >= 15 is 0 Å². The lowest BCUT2D eigenvalue weighted by Crippen LogP contribution is -2.12. The van der Waals surface area contributed by atoms with Crippen molar-refractivity contribution in [3.05, 3.63) is 53.1 Å². The van der Waals surface area contributed by atoms with Crippen LogP contribution in [-0.2, 0) is 4.57 Å². The van der Waals surface area contributed by atoms with E-state index in [4.69, 9.17) is 27.8 Å². The summed E-state index contributed by atoms with van der Waals surface area (Å²) in [5.74, 6) is -4.72. The van der Waals surface area contributed by atoms with E-state index in [0.717, 1.165) is 57.7 Å². The molecule has 3 aromatic carbocycles. The van der Waals surface area contributed by atoms with Crippen molar-refractivity contribution < 1.29 is 62.1 Å². The molecule has 3 N–H and O–H groups in total. The number of phenolic OH excluding ortho intramolecular Hbond substituents is 3. The third-order valence-corrected chi connectivity index (χ3v) is 6.19. The summed E-state index contributed by atoms with van der Waals surface area (Å²) in [5, 5.41) is 30.6. The van der Waals surface area contributed by atoms with Gasteiger partial charge < -0.3 is 43.1 Å². The van der Waals surface area contributed by atoms with Crippen LogP contribution in [0.25, 0.3) is 0 Å². The molecule has 3 aromatic rings. The molecule has 3 rings (SSSR count). The molecule has 0 aliphatic heterocycles. The maximum Gasteiger partial charge on any atom is 0.647 e. The van der Waals surface area contributed by atoms with Crippen LogP contribution in [0.4, 0.5) is 0 Å². The molecule has 0 saturated heterocycles. The molecule has 14 heteroatoms. The van der Waals surface area contributed by atoms with Gasteiger partial charge in [-0.3, -0.25) is 14.4 Å². The number of carbonyl (C=O) groups excluding carboxylic acids is 3. The molecular formula is C24H21O13P. The largest absolute Gasteiger partial charge is 0.647 e. The highest BCUT2D eigenvalue weighted by Crippen LogP contribution is 2.58. The molecule has 0 unspecified atom stereocenters. The van der Waals surface area contributed by atoms with Crippen LogP contribution in [0.5, 0.6) is 51.7 Å². The van der Waals surface area contributed by atoms with Gasteiger partial charge in [-0.15, -0.1) is 0 Å². The molecule has 0 radical (unpaired) electrons. The van der Waals surface area contributed by atoms with E-state index in [2.05, 4.69) is 0 Å². The molecule has 0 heterocycles. The summed E-state index contributed by atoms with van der Waals surface area (Å²) in [6.07, 6.45) is 0.873. The summed E-state index contributed by atoms with van der Waals surface area (Å²) in [6, 6.07) is 6.65. The van der Waals surface area contributed by atoms with Crippen molar-refractivity contribution >= 4 is 26.7 Å². The van der Waals surface area contributed by atoms with Gasteiger partial charge in [0.2, 0.25) is 17.2 Å². The minimum absolute atomic E-state index is 0.274. The standard InChI is InChI=1S/C24H21O13P/c1-32-22-16(28)7-4-13(10-25)19(22)35-38(31,36-20-14(11-26)5-8-17(29)23(20)33-2)37-21-15(12-27)6-9-18(30)24(21)34-3/h4-12,28-30H,1-3H3. The SMILES string of the molecule is COc1c(O)ccc(C=O)c1OP(=O)(Oc1c(C=O)ccc(O)c1OC)Oc1c(C=O)ccc(O)c1OC. The van der Waals surface area contributed by atoms with Crippen molar-refractivity contribution in [2.24, 2.45) is 0 Å². The van der Waals surface area contributed by atoms with Crippen LogP contribution in [-0.4, -0.2) is 55.5 Å². The van der Waals surface area contributed by atoms with Gasteiger partial charge in [0, 0.05) is 0 Å². The highest BCUT2D eigenvalue weighted by atomic mass is 31.2. The Kier molecular flexibility index (Phi) is 8.33. The highest BCUT2D eigenvalue weighted by molar-refractivity contribution is 7.49. The van der Waals surface area contributed by atoms with Crippen LogP contribution >= 0.6 is 7.82 Å². The molecule has 0 saturated carbocycles. The summed E-state index contributed by atoms with van der Waals surface area (Å²) in [4.78, 5) is 35.1. The lowest BCUT2D eigenvalue weighted by Gasteiger charge is -2.24. The van der Waals surface area contributed by atoms with E-state index in [1.807, 2.05) is 0 Å². The van der Waals surface area contributed by atoms with Crippen molar-refractivity contribution in [1.29, 1.82) is 0 Å². The average molecular weight is 548 g/mol. The predicted molar refractivity (Wildman–Crippen MR) is 130 cm³/mol. The minimum atomic E-state index is -5.24. The topological polar surface area (TPSA) is 184 Å². The lowest BCUT2D eigenvalue weighted by molar-refractivity contribution is 0.111. The van der Waals surface area contributed by atoms with Crippen LogP contribution in [0.1, 0.15) is 31.1 Å². The molecule has 0 aliphatic rings. The monoisotopic (exact) mass is 548 g/mol. The number of phosphoric ester groups is 1. The number of aromatic hydroxyl groups is 3. The van der Waals surface area contributed by atoms with E-state index in [9.17, 15) is 34.3 Å².